The zero-order chi connectivity index (χ0) is 11.8. The quantitative estimate of drug-likeness (QED) is 0.829. The Hall–Kier alpha value is -0.730. The largest absolute Gasteiger partial charge is 0.345 e. The van der Waals surface area contributed by atoms with Crippen LogP contribution in [0.4, 0.5) is 0 Å². The van der Waals surface area contributed by atoms with E-state index in [2.05, 4.69) is 5.32 Å². The first-order valence-corrected chi connectivity index (χ1v) is 6.12. The Morgan fingerprint density at radius 3 is 2.69 bits per heavy atom. The molecular weight excluding hydrogens is 245 g/mol. The second kappa shape index (κ2) is 4.27. The van der Waals surface area contributed by atoms with Crippen LogP contribution in [0.1, 0.15) is 28.8 Å². The van der Waals surface area contributed by atoms with Gasteiger partial charge in [0.2, 0.25) is 0 Å². The van der Waals surface area contributed by atoms with Crippen molar-refractivity contribution in [3.63, 3.8) is 0 Å². The normalized spacial score (nSPS) is 16.9. The first-order valence-electron chi connectivity index (χ1n) is 5.21. The SMILES string of the molecule is Cc1cc(C(=O)NC2(CCl)CC2)ccc1Cl. The molecule has 0 saturated heterocycles. The van der Waals surface area contributed by atoms with Crippen LogP contribution >= 0.6 is 23.2 Å². The highest BCUT2D eigenvalue weighted by molar-refractivity contribution is 6.31. The zero-order valence-electron chi connectivity index (χ0n) is 9.02. The summed E-state index contributed by atoms with van der Waals surface area (Å²) in [5.41, 5.74) is 1.38. The minimum atomic E-state index is -0.161. The molecule has 1 amide bonds. The Kier molecular flexibility index (Phi) is 3.13. The molecule has 0 atom stereocenters. The minimum absolute atomic E-state index is 0.0714. The Labute approximate surface area is 105 Å². The van der Waals surface area contributed by atoms with E-state index in [0.717, 1.165) is 18.4 Å². The fourth-order valence-corrected chi connectivity index (χ4v) is 1.99. The Bertz CT molecular complexity index is 427. The molecule has 0 aliphatic heterocycles. The van der Waals surface area contributed by atoms with E-state index in [4.69, 9.17) is 23.2 Å². The maximum atomic E-state index is 11.9. The van der Waals surface area contributed by atoms with Gasteiger partial charge in [0.15, 0.2) is 0 Å². The third-order valence-corrected chi connectivity index (χ3v) is 3.84. The highest BCUT2D eigenvalue weighted by atomic mass is 35.5. The number of aryl methyl sites for hydroxylation is 1. The van der Waals surface area contributed by atoms with Crippen molar-refractivity contribution in [1.82, 2.24) is 5.32 Å². The molecule has 86 valence electrons. The third-order valence-electron chi connectivity index (χ3n) is 2.91. The maximum Gasteiger partial charge on any atom is 0.251 e. The van der Waals surface area contributed by atoms with Gasteiger partial charge in [0.1, 0.15) is 0 Å². The van der Waals surface area contributed by atoms with Crippen molar-refractivity contribution in [3.8, 4) is 0 Å². The molecule has 0 unspecified atom stereocenters. The molecule has 1 aromatic rings. The molecule has 0 heterocycles. The van der Waals surface area contributed by atoms with E-state index >= 15 is 0 Å². The van der Waals surface area contributed by atoms with Gasteiger partial charge in [-0.1, -0.05) is 11.6 Å². The van der Waals surface area contributed by atoms with Gasteiger partial charge in [-0.15, -0.1) is 11.6 Å². The monoisotopic (exact) mass is 257 g/mol. The van der Waals surface area contributed by atoms with Crippen molar-refractivity contribution in [2.45, 2.75) is 25.3 Å². The molecule has 2 rings (SSSR count). The van der Waals surface area contributed by atoms with E-state index in [0.29, 0.717) is 16.5 Å². The van der Waals surface area contributed by atoms with Crippen molar-refractivity contribution < 1.29 is 4.79 Å². The van der Waals surface area contributed by atoms with Crippen LogP contribution in [0.3, 0.4) is 0 Å². The highest BCUT2D eigenvalue weighted by Crippen LogP contribution is 2.36. The molecule has 1 aromatic carbocycles. The number of carbonyl (C=O) groups excluding carboxylic acids is 1. The summed E-state index contributed by atoms with van der Waals surface area (Å²) in [6.45, 7) is 1.88. The number of hydrogen-bond donors (Lipinski definition) is 1. The van der Waals surface area contributed by atoms with Crippen LogP contribution in [-0.2, 0) is 0 Å². The van der Waals surface area contributed by atoms with Gasteiger partial charge in [0, 0.05) is 16.5 Å². The van der Waals surface area contributed by atoms with E-state index in [-0.39, 0.29) is 11.4 Å². The second-order valence-corrected chi connectivity index (χ2v) is 5.01. The van der Waals surface area contributed by atoms with Crippen LogP contribution in [0, 0.1) is 6.92 Å². The molecule has 0 aromatic heterocycles. The molecule has 1 aliphatic rings. The number of alkyl halides is 1. The Balaban J connectivity index is 2.12. The second-order valence-electron chi connectivity index (χ2n) is 4.33. The molecule has 1 N–H and O–H groups in total. The van der Waals surface area contributed by atoms with E-state index in [1.54, 1.807) is 18.2 Å². The van der Waals surface area contributed by atoms with Gasteiger partial charge in [-0.05, 0) is 43.5 Å². The highest BCUT2D eigenvalue weighted by Gasteiger charge is 2.43. The smallest absolute Gasteiger partial charge is 0.251 e. The number of benzene rings is 1. The minimum Gasteiger partial charge on any atom is -0.345 e. The molecule has 0 bridgehead atoms. The van der Waals surface area contributed by atoms with Crippen LogP contribution in [0.25, 0.3) is 0 Å². The topological polar surface area (TPSA) is 29.1 Å². The lowest BCUT2D eigenvalue weighted by Crippen LogP contribution is -2.38. The summed E-state index contributed by atoms with van der Waals surface area (Å²) in [6, 6.07) is 5.27. The summed E-state index contributed by atoms with van der Waals surface area (Å²) in [5.74, 6) is 0.406. The summed E-state index contributed by atoms with van der Waals surface area (Å²) < 4.78 is 0. The Morgan fingerprint density at radius 1 is 1.50 bits per heavy atom. The average Bonchev–Trinajstić information content (AvgIpc) is 3.02. The Morgan fingerprint density at radius 2 is 2.19 bits per heavy atom. The summed E-state index contributed by atoms with van der Waals surface area (Å²) in [7, 11) is 0. The molecule has 1 fully saturated rings. The standard InChI is InChI=1S/C12H13Cl2NO/c1-8-6-9(2-3-10(8)14)11(16)15-12(7-13)4-5-12/h2-3,6H,4-5,7H2,1H3,(H,15,16). The molecular formula is C12H13Cl2NO. The van der Waals surface area contributed by atoms with Crippen LogP contribution in [0.5, 0.6) is 0 Å². The molecule has 0 spiro atoms. The predicted molar refractivity (Wildman–Crippen MR) is 66.3 cm³/mol. The van der Waals surface area contributed by atoms with E-state index in [1.165, 1.54) is 0 Å². The zero-order valence-corrected chi connectivity index (χ0v) is 10.5. The van der Waals surface area contributed by atoms with Gasteiger partial charge in [-0.25, -0.2) is 0 Å². The van der Waals surface area contributed by atoms with Gasteiger partial charge in [-0.3, -0.25) is 4.79 Å². The molecule has 4 heteroatoms. The van der Waals surface area contributed by atoms with E-state index in [1.807, 2.05) is 6.92 Å². The molecule has 1 aliphatic carbocycles. The number of rotatable bonds is 3. The first-order chi connectivity index (χ1) is 7.56. The molecule has 16 heavy (non-hydrogen) atoms. The lowest BCUT2D eigenvalue weighted by atomic mass is 10.1. The van der Waals surface area contributed by atoms with Crippen LogP contribution in [-0.4, -0.2) is 17.3 Å². The van der Waals surface area contributed by atoms with Crippen LogP contribution < -0.4 is 5.32 Å². The molecule has 1 saturated carbocycles. The maximum absolute atomic E-state index is 11.9. The average molecular weight is 258 g/mol. The van der Waals surface area contributed by atoms with Crippen LogP contribution in [0.2, 0.25) is 5.02 Å². The molecule has 0 radical (unpaired) electrons. The number of carbonyl (C=O) groups is 1. The van der Waals surface area contributed by atoms with Gasteiger partial charge >= 0.3 is 0 Å². The lowest BCUT2D eigenvalue weighted by Gasteiger charge is -2.14. The van der Waals surface area contributed by atoms with Crippen molar-refractivity contribution in [3.05, 3.63) is 34.3 Å². The molecule has 2 nitrogen and oxygen atoms in total. The summed E-state index contributed by atoms with van der Waals surface area (Å²) in [6.07, 6.45) is 1.93. The summed E-state index contributed by atoms with van der Waals surface area (Å²) in [4.78, 5) is 11.9. The van der Waals surface area contributed by atoms with Gasteiger partial charge < -0.3 is 5.32 Å². The predicted octanol–water partition coefficient (Wildman–Crippen LogP) is 3.15. The number of halogens is 2. The van der Waals surface area contributed by atoms with Crippen molar-refractivity contribution in [2.24, 2.45) is 0 Å². The van der Waals surface area contributed by atoms with Crippen LogP contribution in [0.15, 0.2) is 18.2 Å². The van der Waals surface area contributed by atoms with E-state index < -0.39 is 0 Å². The lowest BCUT2D eigenvalue weighted by molar-refractivity contribution is 0.0936. The fraction of sp³-hybridized carbons (Fsp3) is 0.417. The summed E-state index contributed by atoms with van der Waals surface area (Å²) >= 11 is 11.7. The van der Waals surface area contributed by atoms with Crippen molar-refractivity contribution in [2.75, 3.05) is 5.88 Å². The van der Waals surface area contributed by atoms with Gasteiger partial charge in [0.25, 0.3) is 5.91 Å². The number of nitrogens with one attached hydrogen (secondary N) is 1. The van der Waals surface area contributed by atoms with Gasteiger partial charge in [-0.2, -0.15) is 0 Å². The van der Waals surface area contributed by atoms with E-state index in [9.17, 15) is 4.79 Å². The third kappa shape index (κ3) is 2.33. The van der Waals surface area contributed by atoms with Crippen molar-refractivity contribution >= 4 is 29.1 Å². The first kappa shape index (κ1) is 11.7. The van der Waals surface area contributed by atoms with Crippen molar-refractivity contribution in [1.29, 1.82) is 0 Å². The summed E-state index contributed by atoms with van der Waals surface area (Å²) in [5, 5.41) is 3.64. The van der Waals surface area contributed by atoms with Gasteiger partial charge in [0.05, 0.1) is 5.54 Å². The fourth-order valence-electron chi connectivity index (χ4n) is 1.54. The number of hydrogen-bond acceptors (Lipinski definition) is 1. The number of amides is 1.